The highest BCUT2D eigenvalue weighted by Crippen LogP contribution is 2.29. The van der Waals surface area contributed by atoms with E-state index in [4.69, 9.17) is 4.74 Å². The van der Waals surface area contributed by atoms with Crippen LogP contribution in [0.2, 0.25) is 0 Å². The Hall–Kier alpha value is -2.29. The van der Waals surface area contributed by atoms with Gasteiger partial charge in [-0.1, -0.05) is 12.1 Å². The zero-order chi connectivity index (χ0) is 18.0. The normalized spacial score (nSPS) is 12.0. The third-order valence-electron chi connectivity index (χ3n) is 3.09. The van der Waals surface area contributed by atoms with E-state index in [-0.39, 0.29) is 12.1 Å². The standard InChI is InChI=1S/C15H14F3NO4S/c1-10-3-8-14(23-24(20,21)15(16,17)18)13(19-10)9-11-4-6-12(22-2)7-5-11/h3-8H,9H2,1-2H3. The molecule has 0 bridgehead atoms. The quantitative estimate of drug-likeness (QED) is 0.604. The topological polar surface area (TPSA) is 65.5 Å². The summed E-state index contributed by atoms with van der Waals surface area (Å²) in [4.78, 5) is 4.09. The zero-order valence-corrected chi connectivity index (χ0v) is 13.6. The number of pyridine rings is 1. The molecule has 1 heterocycles. The summed E-state index contributed by atoms with van der Waals surface area (Å²) in [7, 11) is -4.24. The van der Waals surface area contributed by atoms with E-state index in [9.17, 15) is 21.6 Å². The fraction of sp³-hybridized carbons (Fsp3) is 0.267. The molecular formula is C15H14F3NO4S. The predicted molar refractivity (Wildman–Crippen MR) is 80.4 cm³/mol. The molecular weight excluding hydrogens is 347 g/mol. The van der Waals surface area contributed by atoms with Gasteiger partial charge in [0.25, 0.3) is 0 Å². The first-order valence-electron chi connectivity index (χ1n) is 6.72. The third kappa shape index (κ3) is 4.16. The molecule has 0 N–H and O–H groups in total. The number of ether oxygens (including phenoxy) is 1. The number of alkyl halides is 3. The summed E-state index contributed by atoms with van der Waals surface area (Å²) < 4.78 is 69.1. The SMILES string of the molecule is COc1ccc(Cc2nc(C)ccc2OS(=O)(=O)C(F)(F)F)cc1. The smallest absolute Gasteiger partial charge is 0.497 e. The van der Waals surface area contributed by atoms with E-state index in [2.05, 4.69) is 9.17 Å². The molecule has 1 aromatic heterocycles. The monoisotopic (exact) mass is 361 g/mol. The fourth-order valence-electron chi connectivity index (χ4n) is 1.90. The van der Waals surface area contributed by atoms with Crippen molar-refractivity contribution in [3.05, 3.63) is 53.3 Å². The molecule has 0 spiro atoms. The molecule has 2 aromatic rings. The van der Waals surface area contributed by atoms with Gasteiger partial charge in [0.15, 0.2) is 5.75 Å². The number of methoxy groups -OCH3 is 1. The highest BCUT2D eigenvalue weighted by atomic mass is 32.2. The summed E-state index contributed by atoms with van der Waals surface area (Å²) >= 11 is 0. The van der Waals surface area contributed by atoms with Crippen molar-refractivity contribution in [1.29, 1.82) is 0 Å². The van der Waals surface area contributed by atoms with Crippen molar-refractivity contribution in [1.82, 2.24) is 4.98 Å². The lowest BCUT2D eigenvalue weighted by Gasteiger charge is -2.13. The van der Waals surface area contributed by atoms with Crippen molar-refractivity contribution in [3.63, 3.8) is 0 Å². The molecule has 0 radical (unpaired) electrons. The Balaban J connectivity index is 2.34. The molecule has 0 amide bonds. The molecule has 0 saturated carbocycles. The maximum absolute atomic E-state index is 12.5. The van der Waals surface area contributed by atoms with Gasteiger partial charge in [0, 0.05) is 12.1 Å². The van der Waals surface area contributed by atoms with E-state index in [1.54, 1.807) is 31.2 Å². The molecule has 0 aliphatic carbocycles. The van der Waals surface area contributed by atoms with Crippen LogP contribution in [0.4, 0.5) is 13.2 Å². The van der Waals surface area contributed by atoms with Crippen molar-refractivity contribution >= 4 is 10.1 Å². The van der Waals surface area contributed by atoms with Gasteiger partial charge in [0.1, 0.15) is 5.75 Å². The number of hydrogen-bond donors (Lipinski definition) is 0. The number of nitrogens with zero attached hydrogens (tertiary/aromatic N) is 1. The van der Waals surface area contributed by atoms with Crippen LogP contribution in [-0.2, 0) is 16.5 Å². The van der Waals surface area contributed by atoms with Crippen molar-refractivity contribution in [2.45, 2.75) is 18.9 Å². The van der Waals surface area contributed by atoms with Crippen molar-refractivity contribution in [2.24, 2.45) is 0 Å². The average molecular weight is 361 g/mol. The van der Waals surface area contributed by atoms with Crippen LogP contribution in [0.15, 0.2) is 36.4 Å². The summed E-state index contributed by atoms with van der Waals surface area (Å²) in [6, 6.07) is 9.29. The van der Waals surface area contributed by atoms with E-state index in [1.165, 1.54) is 13.2 Å². The number of benzene rings is 1. The number of hydrogen-bond acceptors (Lipinski definition) is 5. The Kier molecular flexibility index (Phi) is 5.02. The van der Waals surface area contributed by atoms with E-state index in [0.717, 1.165) is 6.07 Å². The summed E-state index contributed by atoms with van der Waals surface area (Å²) in [6.07, 6.45) is 0.106. The van der Waals surface area contributed by atoms with E-state index < -0.39 is 21.4 Å². The summed E-state index contributed by atoms with van der Waals surface area (Å²) in [5.41, 5.74) is -4.18. The second-order valence-corrected chi connectivity index (χ2v) is 6.44. The largest absolute Gasteiger partial charge is 0.534 e. The highest BCUT2D eigenvalue weighted by molar-refractivity contribution is 7.88. The molecule has 130 valence electrons. The highest BCUT2D eigenvalue weighted by Gasteiger charge is 2.48. The minimum absolute atomic E-state index is 0.0907. The third-order valence-corrected chi connectivity index (χ3v) is 4.05. The van der Waals surface area contributed by atoms with Gasteiger partial charge in [0.05, 0.1) is 12.8 Å². The number of aromatic nitrogens is 1. The molecule has 24 heavy (non-hydrogen) atoms. The summed E-state index contributed by atoms with van der Waals surface area (Å²) in [5, 5.41) is 0. The molecule has 0 saturated heterocycles. The van der Waals surface area contributed by atoms with Crippen LogP contribution in [0, 0.1) is 6.92 Å². The summed E-state index contributed by atoms with van der Waals surface area (Å²) in [6.45, 7) is 1.64. The molecule has 0 fully saturated rings. The minimum atomic E-state index is -5.75. The molecule has 0 unspecified atom stereocenters. The van der Waals surface area contributed by atoms with Crippen LogP contribution in [0.5, 0.6) is 11.5 Å². The second-order valence-electron chi connectivity index (χ2n) is 4.91. The van der Waals surface area contributed by atoms with Crippen LogP contribution in [0.25, 0.3) is 0 Å². The maximum Gasteiger partial charge on any atom is 0.534 e. The van der Waals surface area contributed by atoms with E-state index >= 15 is 0 Å². The van der Waals surface area contributed by atoms with Crippen LogP contribution in [0.1, 0.15) is 17.0 Å². The number of halogens is 3. The molecule has 5 nitrogen and oxygen atoms in total. The van der Waals surface area contributed by atoms with Gasteiger partial charge in [-0.15, -0.1) is 0 Å². The molecule has 0 aliphatic rings. The Morgan fingerprint density at radius 2 is 1.71 bits per heavy atom. The van der Waals surface area contributed by atoms with Gasteiger partial charge in [-0.05, 0) is 36.8 Å². The van der Waals surface area contributed by atoms with Crippen LogP contribution in [-0.4, -0.2) is 26.0 Å². The maximum atomic E-state index is 12.5. The average Bonchev–Trinajstić information content (AvgIpc) is 2.49. The van der Waals surface area contributed by atoms with Crippen molar-refractivity contribution in [3.8, 4) is 11.5 Å². The van der Waals surface area contributed by atoms with Gasteiger partial charge < -0.3 is 8.92 Å². The Morgan fingerprint density at radius 1 is 1.08 bits per heavy atom. The Morgan fingerprint density at radius 3 is 2.25 bits per heavy atom. The van der Waals surface area contributed by atoms with Crippen LogP contribution in [0.3, 0.4) is 0 Å². The molecule has 0 aliphatic heterocycles. The molecule has 1 aromatic carbocycles. The lowest BCUT2D eigenvalue weighted by atomic mass is 10.1. The van der Waals surface area contributed by atoms with Gasteiger partial charge in [0.2, 0.25) is 0 Å². The predicted octanol–water partition coefficient (Wildman–Crippen LogP) is 3.22. The van der Waals surface area contributed by atoms with E-state index in [1.807, 2.05) is 0 Å². The van der Waals surface area contributed by atoms with Gasteiger partial charge in [-0.2, -0.15) is 21.6 Å². The summed E-state index contributed by atoms with van der Waals surface area (Å²) in [5.74, 6) is 0.167. The van der Waals surface area contributed by atoms with Gasteiger partial charge in [-0.25, -0.2) is 0 Å². The Bertz CT molecular complexity index is 818. The minimum Gasteiger partial charge on any atom is -0.497 e. The van der Waals surface area contributed by atoms with Gasteiger partial charge >= 0.3 is 15.6 Å². The first kappa shape index (κ1) is 18.1. The van der Waals surface area contributed by atoms with Crippen molar-refractivity contribution in [2.75, 3.05) is 7.11 Å². The lowest BCUT2D eigenvalue weighted by molar-refractivity contribution is -0.0500. The molecule has 2 rings (SSSR count). The van der Waals surface area contributed by atoms with Gasteiger partial charge in [-0.3, -0.25) is 4.98 Å². The zero-order valence-electron chi connectivity index (χ0n) is 12.8. The van der Waals surface area contributed by atoms with Crippen LogP contribution < -0.4 is 8.92 Å². The second kappa shape index (κ2) is 6.68. The first-order valence-corrected chi connectivity index (χ1v) is 8.13. The lowest BCUT2D eigenvalue weighted by Crippen LogP contribution is -2.28. The molecule has 9 heteroatoms. The molecule has 0 atom stereocenters. The first-order chi connectivity index (χ1) is 11.1. The number of aryl methyl sites for hydroxylation is 1. The number of rotatable bonds is 5. The van der Waals surface area contributed by atoms with E-state index in [0.29, 0.717) is 17.0 Å². The van der Waals surface area contributed by atoms with Crippen molar-refractivity contribution < 1.29 is 30.5 Å². The Labute approximate surface area is 137 Å². The van der Waals surface area contributed by atoms with Crippen LogP contribution >= 0.6 is 0 Å². The fourth-order valence-corrected chi connectivity index (χ4v) is 2.39.